The topological polar surface area (TPSA) is 69.7 Å². The van der Waals surface area contributed by atoms with E-state index in [0.717, 1.165) is 19.6 Å². The summed E-state index contributed by atoms with van der Waals surface area (Å²) in [6.07, 6.45) is 3.67. The van der Waals surface area contributed by atoms with Crippen LogP contribution in [-0.4, -0.2) is 68.6 Å². The summed E-state index contributed by atoms with van der Waals surface area (Å²) >= 11 is 0. The third-order valence-corrected chi connectivity index (χ3v) is 7.08. The van der Waals surface area contributed by atoms with Gasteiger partial charge in [-0.3, -0.25) is 4.79 Å². The Hall–Kier alpha value is -0.660. The molecule has 2 saturated heterocycles. The Balaban J connectivity index is 1.73. The van der Waals surface area contributed by atoms with E-state index >= 15 is 0 Å². The van der Waals surface area contributed by atoms with Crippen molar-refractivity contribution in [1.82, 2.24) is 14.5 Å². The summed E-state index contributed by atoms with van der Waals surface area (Å²) in [7, 11) is -3.11. The van der Waals surface area contributed by atoms with Crippen LogP contribution < -0.4 is 5.32 Å². The molecule has 0 aromatic carbocycles. The molecule has 0 aromatic rings. The van der Waals surface area contributed by atoms with Gasteiger partial charge in [-0.15, -0.1) is 0 Å². The van der Waals surface area contributed by atoms with Crippen LogP contribution in [0.1, 0.15) is 39.5 Å². The summed E-state index contributed by atoms with van der Waals surface area (Å²) in [6, 6.07) is 0. The van der Waals surface area contributed by atoms with Crippen LogP contribution in [0.15, 0.2) is 0 Å². The molecule has 2 rings (SSSR count). The largest absolute Gasteiger partial charge is 0.356 e. The van der Waals surface area contributed by atoms with E-state index < -0.39 is 10.0 Å². The number of rotatable bonds is 6. The number of likely N-dealkylation sites (tertiary alicyclic amines) is 1. The minimum absolute atomic E-state index is 0.0378. The molecule has 2 aliphatic heterocycles. The van der Waals surface area contributed by atoms with Crippen molar-refractivity contribution in [2.24, 2.45) is 11.8 Å². The predicted molar refractivity (Wildman–Crippen MR) is 91.6 cm³/mol. The van der Waals surface area contributed by atoms with Crippen LogP contribution in [0.2, 0.25) is 0 Å². The summed E-state index contributed by atoms with van der Waals surface area (Å²) < 4.78 is 25.2. The van der Waals surface area contributed by atoms with Crippen LogP contribution in [-0.2, 0) is 14.8 Å². The second kappa shape index (κ2) is 8.44. The van der Waals surface area contributed by atoms with E-state index in [2.05, 4.69) is 17.1 Å². The fourth-order valence-electron chi connectivity index (χ4n) is 3.57. The van der Waals surface area contributed by atoms with Crippen LogP contribution in [0.3, 0.4) is 0 Å². The number of nitrogens with zero attached hydrogens (tertiary/aromatic N) is 2. The molecule has 134 valence electrons. The van der Waals surface area contributed by atoms with E-state index in [9.17, 15) is 13.2 Å². The average Bonchev–Trinajstić information content (AvgIpc) is 2.60. The first-order valence-corrected chi connectivity index (χ1v) is 10.5. The van der Waals surface area contributed by atoms with Crippen LogP contribution in [0, 0.1) is 11.8 Å². The number of carbonyl (C=O) groups is 1. The number of hydrogen-bond acceptors (Lipinski definition) is 4. The highest BCUT2D eigenvalue weighted by molar-refractivity contribution is 7.89. The van der Waals surface area contributed by atoms with E-state index in [4.69, 9.17) is 0 Å². The minimum atomic E-state index is -3.11. The quantitative estimate of drug-likeness (QED) is 0.776. The molecule has 0 bridgehead atoms. The molecule has 23 heavy (non-hydrogen) atoms. The molecule has 0 saturated carbocycles. The van der Waals surface area contributed by atoms with Gasteiger partial charge in [0.1, 0.15) is 0 Å². The highest BCUT2D eigenvalue weighted by Crippen LogP contribution is 2.21. The summed E-state index contributed by atoms with van der Waals surface area (Å²) in [6.45, 7) is 8.87. The van der Waals surface area contributed by atoms with Gasteiger partial charge in [-0.05, 0) is 51.6 Å². The number of amides is 1. The lowest BCUT2D eigenvalue weighted by Gasteiger charge is -2.33. The Morgan fingerprint density at radius 1 is 1.13 bits per heavy atom. The van der Waals surface area contributed by atoms with Crippen LogP contribution >= 0.6 is 0 Å². The first-order valence-electron chi connectivity index (χ1n) is 8.94. The predicted octanol–water partition coefficient (Wildman–Crippen LogP) is 0.896. The molecule has 0 aromatic heterocycles. The van der Waals surface area contributed by atoms with Crippen molar-refractivity contribution in [1.29, 1.82) is 0 Å². The van der Waals surface area contributed by atoms with E-state index in [-0.39, 0.29) is 17.6 Å². The Labute approximate surface area is 140 Å². The van der Waals surface area contributed by atoms with Gasteiger partial charge in [0, 0.05) is 32.1 Å². The lowest BCUT2D eigenvalue weighted by Crippen LogP contribution is -2.45. The second-order valence-electron chi connectivity index (χ2n) is 6.72. The molecule has 1 atom stereocenters. The maximum absolute atomic E-state index is 12.3. The standard InChI is InChI=1S/C16H31N3O3S/c1-3-18-9-5-6-14(13-18)12-17-16(20)15-7-10-19(11-8-15)23(21,22)4-2/h14-15H,3-13H2,1-2H3,(H,17,20)/t14-/m1/s1. The number of nitrogens with one attached hydrogen (secondary N) is 1. The van der Waals surface area contributed by atoms with E-state index in [1.807, 2.05) is 0 Å². The van der Waals surface area contributed by atoms with Crippen molar-refractivity contribution in [2.75, 3.05) is 45.0 Å². The zero-order valence-electron chi connectivity index (χ0n) is 14.5. The van der Waals surface area contributed by atoms with Crippen molar-refractivity contribution in [3.8, 4) is 0 Å². The fourth-order valence-corrected chi connectivity index (χ4v) is 4.71. The lowest BCUT2D eigenvalue weighted by atomic mass is 9.95. The van der Waals surface area contributed by atoms with Gasteiger partial charge in [-0.2, -0.15) is 0 Å². The first-order chi connectivity index (χ1) is 11.0. The molecule has 0 radical (unpaired) electrons. The van der Waals surface area contributed by atoms with E-state index in [1.165, 1.54) is 23.7 Å². The van der Waals surface area contributed by atoms with Gasteiger partial charge >= 0.3 is 0 Å². The molecule has 1 N–H and O–H groups in total. The molecule has 1 amide bonds. The maximum Gasteiger partial charge on any atom is 0.223 e. The van der Waals surface area contributed by atoms with Crippen LogP contribution in [0.25, 0.3) is 0 Å². The van der Waals surface area contributed by atoms with Crippen LogP contribution in [0.5, 0.6) is 0 Å². The third kappa shape index (κ3) is 5.16. The normalized spacial score (nSPS) is 25.4. The Morgan fingerprint density at radius 2 is 1.83 bits per heavy atom. The Morgan fingerprint density at radius 3 is 2.43 bits per heavy atom. The van der Waals surface area contributed by atoms with Gasteiger partial charge in [0.2, 0.25) is 15.9 Å². The summed E-state index contributed by atoms with van der Waals surface area (Å²) in [5.41, 5.74) is 0. The van der Waals surface area contributed by atoms with Gasteiger partial charge in [-0.1, -0.05) is 6.92 Å². The molecule has 0 unspecified atom stereocenters. The highest BCUT2D eigenvalue weighted by Gasteiger charge is 2.30. The SMILES string of the molecule is CCN1CCC[C@H](CNC(=O)C2CCN(S(=O)(=O)CC)CC2)C1. The van der Waals surface area contributed by atoms with Gasteiger partial charge in [-0.25, -0.2) is 12.7 Å². The van der Waals surface area contributed by atoms with Crippen molar-refractivity contribution >= 4 is 15.9 Å². The van der Waals surface area contributed by atoms with Gasteiger partial charge < -0.3 is 10.2 Å². The molecular formula is C16H31N3O3S. The summed E-state index contributed by atoms with van der Waals surface area (Å²) in [4.78, 5) is 14.8. The highest BCUT2D eigenvalue weighted by atomic mass is 32.2. The second-order valence-corrected chi connectivity index (χ2v) is 8.98. The Kier molecular flexibility index (Phi) is 6.85. The smallest absolute Gasteiger partial charge is 0.223 e. The molecular weight excluding hydrogens is 314 g/mol. The third-order valence-electron chi connectivity index (χ3n) is 5.20. The molecule has 2 heterocycles. The van der Waals surface area contributed by atoms with Crippen LogP contribution in [0.4, 0.5) is 0 Å². The van der Waals surface area contributed by atoms with Gasteiger partial charge in [0.25, 0.3) is 0 Å². The molecule has 2 aliphatic rings. The Bertz CT molecular complexity index is 487. The lowest BCUT2D eigenvalue weighted by molar-refractivity contribution is -0.126. The zero-order chi connectivity index (χ0) is 16.9. The average molecular weight is 346 g/mol. The number of hydrogen-bond donors (Lipinski definition) is 1. The monoisotopic (exact) mass is 345 g/mol. The number of carbonyl (C=O) groups excluding carboxylic acids is 1. The molecule has 0 aliphatic carbocycles. The molecule has 7 heteroatoms. The summed E-state index contributed by atoms with van der Waals surface area (Å²) in [5, 5.41) is 3.10. The zero-order valence-corrected chi connectivity index (χ0v) is 15.3. The fraction of sp³-hybridized carbons (Fsp3) is 0.938. The molecule has 2 fully saturated rings. The van der Waals surface area contributed by atoms with Gasteiger partial charge in [0.05, 0.1) is 5.75 Å². The van der Waals surface area contributed by atoms with E-state index in [0.29, 0.717) is 31.8 Å². The van der Waals surface area contributed by atoms with Crippen molar-refractivity contribution in [2.45, 2.75) is 39.5 Å². The molecule has 6 nitrogen and oxygen atoms in total. The van der Waals surface area contributed by atoms with Crippen molar-refractivity contribution in [3.05, 3.63) is 0 Å². The first kappa shape index (κ1) is 18.7. The summed E-state index contributed by atoms with van der Waals surface area (Å²) in [5.74, 6) is 0.754. The number of piperidine rings is 2. The maximum atomic E-state index is 12.3. The minimum Gasteiger partial charge on any atom is -0.356 e. The number of sulfonamides is 1. The van der Waals surface area contributed by atoms with Gasteiger partial charge in [0.15, 0.2) is 0 Å². The van der Waals surface area contributed by atoms with E-state index in [1.54, 1.807) is 6.92 Å². The molecule has 0 spiro atoms. The van der Waals surface area contributed by atoms with Crippen molar-refractivity contribution < 1.29 is 13.2 Å². The van der Waals surface area contributed by atoms with Crippen molar-refractivity contribution in [3.63, 3.8) is 0 Å².